The summed E-state index contributed by atoms with van der Waals surface area (Å²) in [5, 5.41) is 2.75. The van der Waals surface area contributed by atoms with Gasteiger partial charge in [-0.25, -0.2) is 4.98 Å². The predicted octanol–water partition coefficient (Wildman–Crippen LogP) is 2.69. The number of imidazole rings is 1. The van der Waals surface area contributed by atoms with Crippen LogP contribution >= 0.6 is 0 Å². The van der Waals surface area contributed by atoms with E-state index in [9.17, 15) is 9.59 Å². The maximum atomic E-state index is 12.6. The van der Waals surface area contributed by atoms with Crippen molar-refractivity contribution < 1.29 is 4.79 Å². The summed E-state index contributed by atoms with van der Waals surface area (Å²) in [4.78, 5) is 31.9. The van der Waals surface area contributed by atoms with E-state index in [2.05, 4.69) is 15.3 Å². The first-order valence-corrected chi connectivity index (χ1v) is 8.37. The monoisotopic (exact) mass is 334 g/mol. The number of rotatable bonds is 3. The van der Waals surface area contributed by atoms with Gasteiger partial charge in [-0.3, -0.25) is 19.5 Å². The lowest BCUT2D eigenvalue weighted by molar-refractivity contribution is 0.102. The molecule has 0 aliphatic heterocycles. The van der Waals surface area contributed by atoms with Crippen LogP contribution in [0.4, 0.5) is 5.95 Å². The van der Waals surface area contributed by atoms with Crippen molar-refractivity contribution in [1.29, 1.82) is 0 Å². The number of pyridine rings is 1. The molecule has 3 aromatic rings. The van der Waals surface area contributed by atoms with E-state index in [1.807, 2.05) is 30.3 Å². The molecule has 25 heavy (non-hydrogen) atoms. The third-order valence-corrected chi connectivity index (χ3v) is 4.48. The highest BCUT2D eigenvalue weighted by Gasteiger charge is 2.18. The summed E-state index contributed by atoms with van der Waals surface area (Å²) >= 11 is 0. The summed E-state index contributed by atoms with van der Waals surface area (Å²) in [6, 6.07) is 11.3. The van der Waals surface area contributed by atoms with Gasteiger partial charge in [0.25, 0.3) is 11.5 Å². The quantitative estimate of drug-likeness (QED) is 0.773. The van der Waals surface area contributed by atoms with Crippen molar-refractivity contribution in [1.82, 2.24) is 14.5 Å². The molecule has 0 unspecified atom stereocenters. The molecule has 0 atom stereocenters. The Morgan fingerprint density at radius 2 is 1.96 bits per heavy atom. The van der Waals surface area contributed by atoms with E-state index in [1.165, 1.54) is 0 Å². The Morgan fingerprint density at radius 3 is 2.80 bits per heavy atom. The summed E-state index contributed by atoms with van der Waals surface area (Å²) in [5.74, 6) is -0.0636. The van der Waals surface area contributed by atoms with Gasteiger partial charge in [-0.15, -0.1) is 0 Å². The molecule has 0 saturated carbocycles. The van der Waals surface area contributed by atoms with E-state index in [-0.39, 0.29) is 11.1 Å². The number of fused-ring (bicyclic) bond motifs is 1. The zero-order valence-corrected chi connectivity index (χ0v) is 13.7. The number of aryl methyl sites for hydroxylation is 2. The van der Waals surface area contributed by atoms with Crippen molar-refractivity contribution in [2.75, 3.05) is 5.32 Å². The normalized spacial score (nSPS) is 13.3. The maximum Gasteiger partial charge on any atom is 0.263 e. The van der Waals surface area contributed by atoms with Gasteiger partial charge in [-0.05, 0) is 49.4 Å². The van der Waals surface area contributed by atoms with Crippen LogP contribution in [0.5, 0.6) is 0 Å². The molecule has 2 heterocycles. The van der Waals surface area contributed by atoms with Crippen LogP contribution < -0.4 is 10.9 Å². The van der Waals surface area contributed by atoms with Crippen LogP contribution in [0.3, 0.4) is 0 Å². The standard InChI is InChI=1S/C19H18N4O2/c24-17-15(12-13-6-4-5-9-16(13)21-17)18(25)22-19-20-10-11-23(19)14-7-2-1-3-8-14/h1-3,7-8,10-12H,4-6,9H2,(H,21,24)(H,20,22,25). The minimum Gasteiger partial charge on any atom is -0.325 e. The van der Waals surface area contributed by atoms with Crippen LogP contribution in [0.2, 0.25) is 0 Å². The zero-order chi connectivity index (χ0) is 17.2. The van der Waals surface area contributed by atoms with E-state index >= 15 is 0 Å². The second-order valence-electron chi connectivity index (χ2n) is 6.13. The number of benzene rings is 1. The lowest BCUT2D eigenvalue weighted by Crippen LogP contribution is -2.27. The molecular formula is C19H18N4O2. The molecule has 6 nitrogen and oxygen atoms in total. The summed E-state index contributed by atoms with van der Waals surface area (Å²) in [6.45, 7) is 0. The molecular weight excluding hydrogens is 316 g/mol. The third-order valence-electron chi connectivity index (χ3n) is 4.48. The van der Waals surface area contributed by atoms with Crippen LogP contribution in [-0.4, -0.2) is 20.4 Å². The molecule has 4 rings (SSSR count). The van der Waals surface area contributed by atoms with Gasteiger partial charge in [0.1, 0.15) is 5.56 Å². The second-order valence-corrected chi connectivity index (χ2v) is 6.13. The second kappa shape index (κ2) is 6.39. The molecule has 6 heteroatoms. The average Bonchev–Trinajstić information content (AvgIpc) is 3.10. The predicted molar refractivity (Wildman–Crippen MR) is 95.2 cm³/mol. The Balaban J connectivity index is 1.64. The Hall–Kier alpha value is -3.15. The van der Waals surface area contributed by atoms with Gasteiger partial charge in [0.2, 0.25) is 5.95 Å². The number of carbonyl (C=O) groups excluding carboxylic acids is 1. The Bertz CT molecular complexity index is 973. The lowest BCUT2D eigenvalue weighted by atomic mass is 9.95. The number of amides is 1. The van der Waals surface area contributed by atoms with Gasteiger partial charge in [-0.1, -0.05) is 18.2 Å². The molecule has 2 N–H and O–H groups in total. The SMILES string of the molecule is O=C(Nc1nccn1-c1ccccc1)c1cc2c([nH]c1=O)CCCC2. The van der Waals surface area contributed by atoms with Crippen LogP contribution in [0.1, 0.15) is 34.5 Å². The number of hydrogen-bond acceptors (Lipinski definition) is 3. The Labute approximate surface area is 144 Å². The van der Waals surface area contributed by atoms with Crippen LogP contribution in [0, 0.1) is 0 Å². The smallest absolute Gasteiger partial charge is 0.263 e. The number of para-hydroxylation sites is 1. The number of H-pyrrole nitrogens is 1. The molecule has 1 aromatic carbocycles. The van der Waals surface area contributed by atoms with E-state index < -0.39 is 5.91 Å². The largest absolute Gasteiger partial charge is 0.325 e. The van der Waals surface area contributed by atoms with Crippen LogP contribution in [0.15, 0.2) is 53.6 Å². The molecule has 1 aliphatic rings. The fourth-order valence-corrected chi connectivity index (χ4v) is 3.21. The maximum absolute atomic E-state index is 12.6. The number of carbonyl (C=O) groups is 1. The van der Waals surface area contributed by atoms with Gasteiger partial charge in [-0.2, -0.15) is 0 Å². The van der Waals surface area contributed by atoms with Crippen LogP contribution in [-0.2, 0) is 12.8 Å². The van der Waals surface area contributed by atoms with E-state index in [1.54, 1.807) is 23.0 Å². The van der Waals surface area contributed by atoms with Crippen molar-refractivity contribution in [3.05, 3.63) is 76.0 Å². The summed E-state index contributed by atoms with van der Waals surface area (Å²) in [6.07, 6.45) is 7.29. The molecule has 0 saturated heterocycles. The molecule has 0 fully saturated rings. The van der Waals surface area contributed by atoms with Crippen molar-refractivity contribution in [3.8, 4) is 5.69 Å². The molecule has 1 amide bonds. The molecule has 0 spiro atoms. The first-order valence-electron chi connectivity index (χ1n) is 8.37. The number of nitrogens with one attached hydrogen (secondary N) is 2. The van der Waals surface area contributed by atoms with E-state index in [0.717, 1.165) is 42.6 Å². The molecule has 1 aliphatic carbocycles. The van der Waals surface area contributed by atoms with Crippen molar-refractivity contribution in [3.63, 3.8) is 0 Å². The highest BCUT2D eigenvalue weighted by atomic mass is 16.2. The minimum atomic E-state index is -0.446. The third kappa shape index (κ3) is 2.98. The van der Waals surface area contributed by atoms with Crippen molar-refractivity contribution in [2.45, 2.75) is 25.7 Å². The van der Waals surface area contributed by atoms with Crippen LogP contribution in [0.25, 0.3) is 5.69 Å². The van der Waals surface area contributed by atoms with Crippen molar-refractivity contribution in [2.24, 2.45) is 0 Å². The average molecular weight is 334 g/mol. The molecule has 2 aromatic heterocycles. The number of nitrogens with zero attached hydrogens (tertiary/aromatic N) is 2. The summed E-state index contributed by atoms with van der Waals surface area (Å²) < 4.78 is 1.77. The lowest BCUT2D eigenvalue weighted by Gasteiger charge is -2.16. The Kier molecular flexibility index (Phi) is 3.93. The zero-order valence-electron chi connectivity index (χ0n) is 13.7. The summed E-state index contributed by atoms with van der Waals surface area (Å²) in [7, 11) is 0. The summed E-state index contributed by atoms with van der Waals surface area (Å²) in [5.41, 5.74) is 2.68. The van der Waals surface area contributed by atoms with Crippen molar-refractivity contribution >= 4 is 11.9 Å². The molecule has 126 valence electrons. The topological polar surface area (TPSA) is 79.8 Å². The minimum absolute atomic E-state index is 0.128. The number of anilines is 1. The van der Waals surface area contributed by atoms with Gasteiger partial charge >= 0.3 is 0 Å². The molecule has 0 bridgehead atoms. The fourth-order valence-electron chi connectivity index (χ4n) is 3.21. The highest BCUT2D eigenvalue weighted by Crippen LogP contribution is 2.19. The van der Waals surface area contributed by atoms with E-state index in [4.69, 9.17) is 0 Å². The number of aromatic amines is 1. The first kappa shape index (κ1) is 15.4. The Morgan fingerprint density at radius 1 is 1.16 bits per heavy atom. The van der Waals surface area contributed by atoms with Gasteiger partial charge in [0.15, 0.2) is 0 Å². The number of aromatic nitrogens is 3. The van der Waals surface area contributed by atoms with E-state index in [0.29, 0.717) is 5.95 Å². The first-order chi connectivity index (χ1) is 12.2. The highest BCUT2D eigenvalue weighted by molar-refractivity contribution is 6.03. The van der Waals surface area contributed by atoms with Gasteiger partial charge in [0, 0.05) is 23.8 Å². The number of hydrogen-bond donors (Lipinski definition) is 2. The van der Waals surface area contributed by atoms with Gasteiger partial charge in [0.05, 0.1) is 0 Å². The van der Waals surface area contributed by atoms with Gasteiger partial charge < -0.3 is 4.98 Å². The fraction of sp³-hybridized carbons (Fsp3) is 0.211. The molecule has 0 radical (unpaired) electrons.